The molecule has 3 rings (SSSR count). The van der Waals surface area contributed by atoms with Gasteiger partial charge in [-0.15, -0.1) is 0 Å². The summed E-state index contributed by atoms with van der Waals surface area (Å²) in [6.45, 7) is 0.253. The molecule has 0 saturated carbocycles. The maximum Gasteiger partial charge on any atom is 0.172 e. The van der Waals surface area contributed by atoms with E-state index in [0.717, 1.165) is 11.3 Å². The van der Waals surface area contributed by atoms with E-state index in [2.05, 4.69) is 15.9 Å². The monoisotopic (exact) mass is 368 g/mol. The van der Waals surface area contributed by atoms with Crippen LogP contribution in [-0.4, -0.2) is 12.4 Å². The maximum atomic E-state index is 14.1. The van der Waals surface area contributed by atoms with E-state index >= 15 is 0 Å². The Morgan fingerprint density at radius 2 is 2.05 bits per heavy atom. The topological polar surface area (TPSA) is 26.3 Å². The second-order valence-electron chi connectivity index (χ2n) is 4.91. The van der Waals surface area contributed by atoms with Gasteiger partial charge in [-0.05, 0) is 46.1 Å². The van der Waals surface area contributed by atoms with Gasteiger partial charge in [-0.2, -0.15) is 0 Å². The molecule has 1 atom stereocenters. The molecule has 0 spiro atoms. The van der Waals surface area contributed by atoms with Gasteiger partial charge in [-0.1, -0.05) is 29.8 Å². The fourth-order valence-corrected chi connectivity index (χ4v) is 2.90. The van der Waals surface area contributed by atoms with Crippen molar-refractivity contribution in [3.63, 3.8) is 0 Å². The summed E-state index contributed by atoms with van der Waals surface area (Å²) in [5, 5.41) is -0.0713. The van der Waals surface area contributed by atoms with Crippen molar-refractivity contribution in [1.29, 1.82) is 0 Å². The van der Waals surface area contributed by atoms with Crippen LogP contribution < -0.4 is 4.74 Å². The highest BCUT2D eigenvalue weighted by atomic mass is 79.9. The molecule has 21 heavy (non-hydrogen) atoms. The minimum atomic E-state index is -0.685. The quantitative estimate of drug-likeness (QED) is 0.568. The molecule has 0 saturated heterocycles. The molecule has 2 aromatic rings. The Morgan fingerprint density at radius 1 is 1.29 bits per heavy atom. The van der Waals surface area contributed by atoms with Crippen molar-refractivity contribution in [3.8, 4) is 5.75 Å². The average Bonchev–Trinajstić information content (AvgIpc) is 2.52. The molecule has 1 unspecified atom stereocenters. The van der Waals surface area contributed by atoms with Crippen LogP contribution in [0.1, 0.15) is 15.9 Å². The molecule has 0 fully saturated rings. The summed E-state index contributed by atoms with van der Waals surface area (Å²) in [7, 11) is 0. The first-order chi connectivity index (χ1) is 10.1. The summed E-state index contributed by atoms with van der Waals surface area (Å²) < 4.78 is 20.2. The van der Waals surface area contributed by atoms with E-state index in [-0.39, 0.29) is 23.0 Å². The Bertz CT molecular complexity index is 717. The first-order valence-corrected chi connectivity index (χ1v) is 7.63. The summed E-state index contributed by atoms with van der Waals surface area (Å²) >= 11 is 8.98. The number of ether oxygens (including phenoxy) is 1. The van der Waals surface area contributed by atoms with Gasteiger partial charge in [-0.25, -0.2) is 4.39 Å². The molecular weight excluding hydrogens is 359 g/mol. The van der Waals surface area contributed by atoms with Crippen LogP contribution in [0, 0.1) is 11.7 Å². The van der Waals surface area contributed by atoms with Gasteiger partial charge in [0.2, 0.25) is 0 Å². The number of fused-ring (bicyclic) bond motifs is 1. The molecule has 108 valence electrons. The maximum absolute atomic E-state index is 14.1. The number of halogens is 3. The minimum Gasteiger partial charge on any atom is -0.493 e. The van der Waals surface area contributed by atoms with E-state index in [1.165, 1.54) is 6.07 Å². The predicted molar refractivity (Wildman–Crippen MR) is 82.6 cm³/mol. The van der Waals surface area contributed by atoms with Gasteiger partial charge in [0.1, 0.15) is 5.75 Å². The number of hydrogen-bond donors (Lipinski definition) is 0. The Balaban J connectivity index is 1.89. The Morgan fingerprint density at radius 3 is 2.86 bits per heavy atom. The van der Waals surface area contributed by atoms with Gasteiger partial charge in [0.05, 0.1) is 23.1 Å². The van der Waals surface area contributed by atoms with Crippen LogP contribution in [0.4, 0.5) is 4.39 Å². The van der Waals surface area contributed by atoms with Crippen LogP contribution in [0.25, 0.3) is 0 Å². The molecule has 5 heteroatoms. The summed E-state index contributed by atoms with van der Waals surface area (Å²) in [5.41, 5.74) is 0.974. The summed E-state index contributed by atoms with van der Waals surface area (Å²) in [4.78, 5) is 12.5. The van der Waals surface area contributed by atoms with Gasteiger partial charge in [0, 0.05) is 4.47 Å². The third kappa shape index (κ3) is 2.70. The van der Waals surface area contributed by atoms with Crippen LogP contribution in [-0.2, 0) is 6.42 Å². The molecule has 0 aliphatic carbocycles. The zero-order valence-electron chi connectivity index (χ0n) is 10.9. The van der Waals surface area contributed by atoms with E-state index in [1.54, 1.807) is 6.07 Å². The number of rotatable bonds is 2. The summed E-state index contributed by atoms with van der Waals surface area (Å²) in [6, 6.07) is 10.6. The van der Waals surface area contributed by atoms with Crippen molar-refractivity contribution in [2.75, 3.05) is 6.61 Å². The highest BCUT2D eigenvalue weighted by molar-refractivity contribution is 9.10. The average molecular weight is 370 g/mol. The zero-order valence-corrected chi connectivity index (χ0v) is 13.2. The van der Waals surface area contributed by atoms with Crippen LogP contribution >= 0.6 is 27.5 Å². The van der Waals surface area contributed by atoms with E-state index < -0.39 is 11.7 Å². The van der Waals surface area contributed by atoms with Crippen molar-refractivity contribution >= 4 is 33.3 Å². The van der Waals surface area contributed by atoms with Crippen molar-refractivity contribution in [2.24, 2.45) is 5.92 Å². The summed E-state index contributed by atoms with van der Waals surface area (Å²) in [5.74, 6) is -0.575. The lowest BCUT2D eigenvalue weighted by Crippen LogP contribution is -2.28. The number of hydrogen-bond acceptors (Lipinski definition) is 2. The molecule has 2 nitrogen and oxygen atoms in total. The number of ketones is 1. The van der Waals surface area contributed by atoms with Crippen molar-refractivity contribution in [2.45, 2.75) is 6.42 Å². The Hall–Kier alpha value is -1.39. The van der Waals surface area contributed by atoms with Crippen molar-refractivity contribution in [1.82, 2.24) is 0 Å². The number of para-hydroxylation sites is 1. The lowest BCUT2D eigenvalue weighted by atomic mass is 9.89. The smallest absolute Gasteiger partial charge is 0.172 e. The van der Waals surface area contributed by atoms with Gasteiger partial charge in [0.15, 0.2) is 11.6 Å². The number of Topliss-reactive ketones (excluding diaryl/α,β-unsaturated/α-hetero) is 1. The molecule has 2 aromatic carbocycles. The second-order valence-corrected chi connectivity index (χ2v) is 6.14. The molecule has 0 radical (unpaired) electrons. The fourth-order valence-electron chi connectivity index (χ4n) is 2.43. The second kappa shape index (κ2) is 5.78. The number of carbonyl (C=O) groups is 1. The third-order valence-corrected chi connectivity index (χ3v) is 4.81. The van der Waals surface area contributed by atoms with E-state index in [0.29, 0.717) is 10.9 Å². The SMILES string of the molecule is O=C(c1ccc(Br)c(Cl)c1F)C1COc2ccccc2C1. The lowest BCUT2D eigenvalue weighted by Gasteiger charge is -2.24. The van der Waals surface area contributed by atoms with Gasteiger partial charge in [-0.3, -0.25) is 4.79 Å². The molecular formula is C16H11BrClFO2. The third-order valence-electron chi connectivity index (χ3n) is 3.55. The number of benzene rings is 2. The Labute approximate surface area is 135 Å². The highest BCUT2D eigenvalue weighted by Gasteiger charge is 2.29. The van der Waals surface area contributed by atoms with Crippen LogP contribution in [0.2, 0.25) is 5.02 Å². The molecule has 0 amide bonds. The van der Waals surface area contributed by atoms with Crippen molar-refractivity contribution < 1.29 is 13.9 Å². The fraction of sp³-hybridized carbons (Fsp3) is 0.188. The van der Waals surface area contributed by atoms with Gasteiger partial charge < -0.3 is 4.74 Å². The minimum absolute atomic E-state index is 0.0104. The standard InChI is InChI=1S/C16H11BrClFO2/c17-12-6-5-11(15(19)14(12)18)16(20)10-7-9-3-1-2-4-13(9)21-8-10/h1-6,10H,7-8H2. The number of carbonyl (C=O) groups excluding carboxylic acids is 1. The molecule has 1 aliphatic rings. The Kier molecular flexibility index (Phi) is 4.00. The van der Waals surface area contributed by atoms with Crippen LogP contribution in [0.15, 0.2) is 40.9 Å². The van der Waals surface area contributed by atoms with Gasteiger partial charge in [0.25, 0.3) is 0 Å². The van der Waals surface area contributed by atoms with E-state index in [1.807, 2.05) is 24.3 Å². The molecule has 0 bridgehead atoms. The predicted octanol–water partition coefficient (Wildman–Crippen LogP) is 4.68. The zero-order chi connectivity index (χ0) is 15.0. The van der Waals surface area contributed by atoms with E-state index in [4.69, 9.17) is 16.3 Å². The highest BCUT2D eigenvalue weighted by Crippen LogP contribution is 2.32. The normalized spacial score (nSPS) is 17.0. The first kappa shape index (κ1) is 14.5. The van der Waals surface area contributed by atoms with Crippen LogP contribution in [0.5, 0.6) is 5.75 Å². The van der Waals surface area contributed by atoms with E-state index in [9.17, 15) is 9.18 Å². The molecule has 1 aliphatic heterocycles. The first-order valence-electron chi connectivity index (χ1n) is 6.46. The summed E-state index contributed by atoms with van der Waals surface area (Å²) in [6.07, 6.45) is 0.544. The molecule has 0 aromatic heterocycles. The molecule has 1 heterocycles. The van der Waals surface area contributed by atoms with Crippen molar-refractivity contribution in [3.05, 3.63) is 62.8 Å². The largest absolute Gasteiger partial charge is 0.493 e. The lowest BCUT2D eigenvalue weighted by molar-refractivity contribution is 0.0851. The molecule has 0 N–H and O–H groups in total. The van der Waals surface area contributed by atoms with Gasteiger partial charge >= 0.3 is 0 Å². The van der Waals surface area contributed by atoms with Crippen LogP contribution in [0.3, 0.4) is 0 Å².